The molecule has 8 heteroatoms. The SMILES string of the molecule is CCCCCCCCCCC(OS(=O)(=O)O)C(CCO)OCCCN. The Balaban J connectivity index is 4.34. The van der Waals surface area contributed by atoms with Crippen molar-refractivity contribution in [2.24, 2.45) is 5.73 Å². The van der Waals surface area contributed by atoms with E-state index < -0.39 is 22.6 Å². The fraction of sp³-hybridized carbons (Fsp3) is 1.00. The minimum Gasteiger partial charge on any atom is -0.396 e. The van der Waals surface area contributed by atoms with Crippen LogP contribution in [0.25, 0.3) is 0 Å². The second-order valence-corrected chi connectivity index (χ2v) is 7.44. The highest BCUT2D eigenvalue weighted by atomic mass is 32.3. The first-order valence-electron chi connectivity index (χ1n) is 9.52. The fourth-order valence-corrected chi connectivity index (χ4v) is 3.29. The van der Waals surface area contributed by atoms with Crippen LogP contribution in [-0.4, -0.2) is 50.0 Å². The largest absolute Gasteiger partial charge is 0.397 e. The second kappa shape index (κ2) is 16.0. The number of ether oxygens (including phenoxy) is 1. The van der Waals surface area contributed by atoms with E-state index in [-0.39, 0.29) is 13.0 Å². The van der Waals surface area contributed by atoms with E-state index in [1.807, 2.05) is 0 Å². The normalized spacial score (nSPS) is 14.6. The molecule has 2 atom stereocenters. The van der Waals surface area contributed by atoms with Crippen molar-refractivity contribution >= 4 is 10.4 Å². The molecule has 25 heavy (non-hydrogen) atoms. The fourth-order valence-electron chi connectivity index (χ4n) is 2.75. The molecular formula is C17H37NO6S. The summed E-state index contributed by atoms with van der Waals surface area (Å²) < 4.78 is 41.7. The molecule has 0 rings (SSSR count). The van der Waals surface area contributed by atoms with Crippen molar-refractivity contribution in [3.63, 3.8) is 0 Å². The van der Waals surface area contributed by atoms with E-state index in [1.54, 1.807) is 0 Å². The Bertz CT molecular complexity index is 391. The van der Waals surface area contributed by atoms with Gasteiger partial charge in [-0.2, -0.15) is 8.42 Å². The first-order valence-corrected chi connectivity index (χ1v) is 10.9. The van der Waals surface area contributed by atoms with Gasteiger partial charge in [0.1, 0.15) is 6.10 Å². The van der Waals surface area contributed by atoms with Crippen LogP contribution in [0.2, 0.25) is 0 Å². The molecule has 2 unspecified atom stereocenters. The average molecular weight is 384 g/mol. The molecule has 0 fully saturated rings. The minimum absolute atomic E-state index is 0.143. The summed E-state index contributed by atoms with van der Waals surface area (Å²) in [5.74, 6) is 0. The highest BCUT2D eigenvalue weighted by Gasteiger charge is 2.27. The molecule has 152 valence electrons. The first-order chi connectivity index (χ1) is 11.9. The van der Waals surface area contributed by atoms with Gasteiger partial charge in [-0.1, -0.05) is 58.3 Å². The summed E-state index contributed by atoms with van der Waals surface area (Å²) in [5, 5.41) is 9.18. The van der Waals surface area contributed by atoms with Crippen molar-refractivity contribution in [1.82, 2.24) is 0 Å². The van der Waals surface area contributed by atoms with Crippen LogP contribution < -0.4 is 5.73 Å². The topological polar surface area (TPSA) is 119 Å². The third kappa shape index (κ3) is 15.7. The van der Waals surface area contributed by atoms with Gasteiger partial charge in [0.2, 0.25) is 0 Å². The van der Waals surface area contributed by atoms with E-state index in [0.717, 1.165) is 19.3 Å². The van der Waals surface area contributed by atoms with Crippen LogP contribution in [0.5, 0.6) is 0 Å². The van der Waals surface area contributed by atoms with E-state index in [4.69, 9.17) is 19.2 Å². The lowest BCUT2D eigenvalue weighted by Gasteiger charge is -2.25. The van der Waals surface area contributed by atoms with Crippen LogP contribution in [0.4, 0.5) is 0 Å². The molecule has 0 aromatic rings. The zero-order valence-electron chi connectivity index (χ0n) is 15.6. The zero-order chi connectivity index (χ0) is 19.0. The third-order valence-electron chi connectivity index (χ3n) is 4.10. The molecule has 0 bridgehead atoms. The molecule has 0 saturated carbocycles. The lowest BCUT2D eigenvalue weighted by atomic mass is 10.0. The zero-order valence-corrected chi connectivity index (χ0v) is 16.4. The van der Waals surface area contributed by atoms with Crippen LogP contribution in [0.1, 0.15) is 77.6 Å². The highest BCUT2D eigenvalue weighted by molar-refractivity contribution is 7.80. The van der Waals surface area contributed by atoms with Crippen LogP contribution in [-0.2, 0) is 19.3 Å². The molecule has 0 radical (unpaired) electrons. The van der Waals surface area contributed by atoms with Gasteiger partial charge in [0, 0.05) is 13.2 Å². The number of aliphatic hydroxyl groups is 1. The molecule has 0 aromatic heterocycles. The lowest BCUT2D eigenvalue weighted by Crippen LogP contribution is -2.35. The number of hydrogen-bond donors (Lipinski definition) is 3. The van der Waals surface area contributed by atoms with Crippen LogP contribution in [0, 0.1) is 0 Å². The Hall–Kier alpha value is -0.250. The van der Waals surface area contributed by atoms with Gasteiger partial charge in [-0.15, -0.1) is 0 Å². The number of nitrogens with two attached hydrogens (primary N) is 1. The van der Waals surface area contributed by atoms with E-state index in [2.05, 4.69) is 6.92 Å². The van der Waals surface area contributed by atoms with Crippen LogP contribution >= 0.6 is 0 Å². The Morgan fingerprint density at radius 1 is 0.920 bits per heavy atom. The number of hydrogen-bond acceptors (Lipinski definition) is 6. The molecule has 0 aliphatic carbocycles. The monoisotopic (exact) mass is 383 g/mol. The molecule has 0 heterocycles. The summed E-state index contributed by atoms with van der Waals surface area (Å²) >= 11 is 0. The molecule has 0 spiro atoms. The van der Waals surface area contributed by atoms with Crippen molar-refractivity contribution in [3.8, 4) is 0 Å². The number of rotatable bonds is 18. The second-order valence-electron chi connectivity index (χ2n) is 6.39. The average Bonchev–Trinajstić information content (AvgIpc) is 2.54. The number of unbranched alkanes of at least 4 members (excludes halogenated alkanes) is 7. The minimum atomic E-state index is -4.56. The van der Waals surface area contributed by atoms with Gasteiger partial charge in [-0.05, 0) is 25.8 Å². The van der Waals surface area contributed by atoms with Gasteiger partial charge in [0.05, 0.1) is 6.10 Å². The first kappa shape index (κ1) is 24.8. The van der Waals surface area contributed by atoms with Gasteiger partial charge in [0.25, 0.3) is 0 Å². The maximum atomic E-state index is 11.1. The van der Waals surface area contributed by atoms with Crippen molar-refractivity contribution in [2.45, 2.75) is 89.8 Å². The van der Waals surface area contributed by atoms with Crippen molar-refractivity contribution in [1.29, 1.82) is 0 Å². The van der Waals surface area contributed by atoms with E-state index >= 15 is 0 Å². The summed E-state index contributed by atoms with van der Waals surface area (Å²) in [6.07, 6.45) is 9.01. The van der Waals surface area contributed by atoms with Crippen LogP contribution in [0.3, 0.4) is 0 Å². The van der Waals surface area contributed by atoms with Gasteiger partial charge in [-0.25, -0.2) is 4.18 Å². The lowest BCUT2D eigenvalue weighted by molar-refractivity contribution is -0.0420. The van der Waals surface area contributed by atoms with Gasteiger partial charge in [0.15, 0.2) is 0 Å². The van der Waals surface area contributed by atoms with Crippen molar-refractivity contribution < 1.29 is 27.0 Å². The predicted octanol–water partition coefficient (Wildman–Crippen LogP) is 2.82. The van der Waals surface area contributed by atoms with E-state index in [0.29, 0.717) is 26.0 Å². The molecular weight excluding hydrogens is 346 g/mol. The molecule has 0 aliphatic heterocycles. The Morgan fingerprint density at radius 3 is 2.04 bits per heavy atom. The molecule has 0 amide bonds. The molecule has 0 aromatic carbocycles. The summed E-state index contributed by atoms with van der Waals surface area (Å²) in [5.41, 5.74) is 5.43. The predicted molar refractivity (Wildman–Crippen MR) is 98.8 cm³/mol. The molecule has 7 nitrogen and oxygen atoms in total. The standard InChI is InChI=1S/C17H37NO6S/c1-2-3-4-5-6-7-8-9-11-17(24-25(20,21)22)16(12-14-19)23-15-10-13-18/h16-17,19H,2-15,18H2,1H3,(H,20,21,22). The number of aliphatic hydroxyl groups excluding tert-OH is 1. The quantitative estimate of drug-likeness (QED) is 0.246. The van der Waals surface area contributed by atoms with Crippen molar-refractivity contribution in [3.05, 3.63) is 0 Å². The maximum absolute atomic E-state index is 11.1. The van der Waals surface area contributed by atoms with Gasteiger partial charge >= 0.3 is 10.4 Å². The highest BCUT2D eigenvalue weighted by Crippen LogP contribution is 2.19. The van der Waals surface area contributed by atoms with E-state index in [9.17, 15) is 13.5 Å². The Morgan fingerprint density at radius 2 is 1.52 bits per heavy atom. The maximum Gasteiger partial charge on any atom is 0.397 e. The Labute approximate surface area is 153 Å². The van der Waals surface area contributed by atoms with Gasteiger partial charge in [-0.3, -0.25) is 4.55 Å². The summed E-state index contributed by atoms with van der Waals surface area (Å²) in [6, 6.07) is 0. The van der Waals surface area contributed by atoms with Crippen LogP contribution in [0.15, 0.2) is 0 Å². The molecule has 0 saturated heterocycles. The summed E-state index contributed by atoms with van der Waals surface area (Å²) in [6.45, 7) is 2.88. The van der Waals surface area contributed by atoms with Gasteiger partial charge < -0.3 is 15.6 Å². The Kier molecular flexibility index (Phi) is 15.8. The molecule has 0 aliphatic rings. The summed E-state index contributed by atoms with van der Waals surface area (Å²) in [4.78, 5) is 0. The summed E-state index contributed by atoms with van der Waals surface area (Å²) in [7, 11) is -4.56. The molecule has 4 N–H and O–H groups in total. The third-order valence-corrected chi connectivity index (χ3v) is 4.59. The van der Waals surface area contributed by atoms with E-state index in [1.165, 1.54) is 32.1 Å². The smallest absolute Gasteiger partial charge is 0.396 e. The van der Waals surface area contributed by atoms with Crippen molar-refractivity contribution in [2.75, 3.05) is 19.8 Å².